The molecule has 204 valence electrons. The number of para-hydroxylation sites is 1. The molecular formula is C31H28N2O7. The Morgan fingerprint density at radius 3 is 2.45 bits per heavy atom. The third-order valence-corrected chi connectivity index (χ3v) is 7.43. The first kappa shape index (κ1) is 23.6. The van der Waals surface area contributed by atoms with Crippen LogP contribution >= 0.6 is 0 Å². The molecule has 2 amide bonds. The zero-order chi connectivity index (χ0) is 29.4. The van der Waals surface area contributed by atoms with Gasteiger partial charge in [-0.2, -0.15) is 0 Å². The number of hydrogen-bond acceptors (Lipinski definition) is 7. The highest BCUT2D eigenvalue weighted by Gasteiger charge is 2.44. The molecular weight excluding hydrogens is 512 g/mol. The van der Waals surface area contributed by atoms with Crippen molar-refractivity contribution in [3.05, 3.63) is 107 Å². The summed E-state index contributed by atoms with van der Waals surface area (Å²) in [6.45, 7) is 0.0235. The Hall–Kier alpha value is -4.31. The molecule has 9 nitrogen and oxygen atoms in total. The largest absolute Gasteiger partial charge is 0.453 e. The van der Waals surface area contributed by atoms with Gasteiger partial charge in [0.05, 0.1) is 31.6 Å². The molecule has 0 bridgehead atoms. The van der Waals surface area contributed by atoms with Crippen molar-refractivity contribution in [2.45, 2.75) is 31.0 Å². The molecule has 1 saturated heterocycles. The smallest absolute Gasteiger partial charge is 0.338 e. The number of benzene rings is 3. The molecule has 1 N–H and O–H groups in total. The van der Waals surface area contributed by atoms with Gasteiger partial charge in [-0.15, -0.1) is 0 Å². The van der Waals surface area contributed by atoms with Crippen LogP contribution in [0.4, 0.5) is 0 Å². The van der Waals surface area contributed by atoms with Crippen molar-refractivity contribution < 1.29 is 36.4 Å². The fraction of sp³-hybridized carbons (Fsp3) is 0.258. The molecule has 0 radical (unpaired) electrons. The van der Waals surface area contributed by atoms with Gasteiger partial charge in [0.15, 0.2) is 12.3 Å². The average Bonchev–Trinajstić information content (AvgIpc) is 3.48. The molecule has 4 aromatic rings. The summed E-state index contributed by atoms with van der Waals surface area (Å²) in [5, 5.41) is 12.3. The predicted octanol–water partition coefficient (Wildman–Crippen LogP) is 3.61. The van der Waals surface area contributed by atoms with E-state index >= 15 is 0 Å². The topological polar surface area (TPSA) is 107 Å². The summed E-state index contributed by atoms with van der Waals surface area (Å²) in [4.78, 5) is 39.9. The zero-order valence-electron chi connectivity index (χ0n) is 23.4. The number of hydrogen-bond donors (Lipinski definition) is 1. The second-order valence-electron chi connectivity index (χ2n) is 9.76. The SMILES string of the molecule is [2H]C([3H])OC1COC(n2cc(CCN3C(=O)c4ccccc4C3=O)c3ccccc32)C(O)C1OC(=O)c1ccccc1. The number of carbonyl (C=O) groups is 3. The number of nitrogens with zero attached hydrogens (tertiary/aromatic N) is 2. The van der Waals surface area contributed by atoms with E-state index in [1.165, 1.54) is 4.90 Å². The molecule has 9 heteroatoms. The van der Waals surface area contributed by atoms with Crippen LogP contribution in [0.15, 0.2) is 85.1 Å². The number of methoxy groups -OCH3 is 1. The number of imide groups is 1. The Balaban J connectivity index is 1.27. The van der Waals surface area contributed by atoms with E-state index in [4.69, 9.17) is 17.0 Å². The third-order valence-electron chi connectivity index (χ3n) is 7.43. The maximum absolute atomic E-state index is 12.9. The minimum atomic E-state index is -1.68. The maximum Gasteiger partial charge on any atom is 0.338 e. The molecule has 3 aromatic carbocycles. The van der Waals surface area contributed by atoms with Gasteiger partial charge in [-0.05, 0) is 42.3 Å². The van der Waals surface area contributed by atoms with Gasteiger partial charge in [0.25, 0.3) is 11.8 Å². The Labute approximate surface area is 233 Å². The highest BCUT2D eigenvalue weighted by Crippen LogP contribution is 2.33. The monoisotopic (exact) mass is 543 g/mol. The number of aliphatic hydroxyl groups excluding tert-OH is 1. The van der Waals surface area contributed by atoms with Crippen LogP contribution in [0.2, 0.25) is 0 Å². The van der Waals surface area contributed by atoms with E-state index in [1.54, 1.807) is 65.4 Å². The molecule has 3 heterocycles. The Bertz CT molecular complexity index is 1610. The summed E-state index contributed by atoms with van der Waals surface area (Å²) < 4.78 is 33.8. The van der Waals surface area contributed by atoms with E-state index in [-0.39, 0.29) is 30.5 Å². The zero-order valence-corrected chi connectivity index (χ0v) is 21.4. The summed E-state index contributed by atoms with van der Waals surface area (Å²) >= 11 is 0. The second-order valence-corrected chi connectivity index (χ2v) is 9.76. The number of fused-ring (bicyclic) bond motifs is 2. The van der Waals surface area contributed by atoms with Gasteiger partial charge in [0.1, 0.15) is 12.2 Å². The number of rotatable bonds is 7. The van der Waals surface area contributed by atoms with Gasteiger partial charge < -0.3 is 23.9 Å². The van der Waals surface area contributed by atoms with Crippen molar-refractivity contribution in [1.82, 2.24) is 9.47 Å². The van der Waals surface area contributed by atoms with Crippen LogP contribution in [0.25, 0.3) is 10.9 Å². The molecule has 5 atom stereocenters. The standard InChI is InChI=1S/C31H28N2O7/c1-38-25-18-39-30(26(34)27(25)40-31(37)19-9-3-2-4-10-19)33-17-20(21-11-7-8-14-24(21)33)15-16-32-28(35)22-12-5-6-13-23(22)29(32)36/h2-14,17,25-27,30,34H,15-16,18H2,1H3/i1TD. The van der Waals surface area contributed by atoms with Gasteiger partial charge in [0, 0.05) is 25.2 Å². The van der Waals surface area contributed by atoms with E-state index in [9.17, 15) is 19.5 Å². The summed E-state index contributed by atoms with van der Waals surface area (Å²) in [6, 6.07) is 22.5. The van der Waals surface area contributed by atoms with Crippen molar-refractivity contribution in [1.29, 1.82) is 0 Å². The highest BCUT2D eigenvalue weighted by atomic mass is 16.6. The van der Waals surface area contributed by atoms with Crippen LogP contribution < -0.4 is 0 Å². The van der Waals surface area contributed by atoms with E-state index in [0.29, 0.717) is 17.5 Å². The Morgan fingerprint density at radius 1 is 1.05 bits per heavy atom. The molecule has 1 fully saturated rings. The van der Waals surface area contributed by atoms with Gasteiger partial charge in [-0.25, -0.2) is 4.79 Å². The molecule has 0 aliphatic carbocycles. The lowest BCUT2D eigenvalue weighted by molar-refractivity contribution is -0.216. The number of aromatic nitrogens is 1. The Kier molecular flexibility index (Phi) is 6.30. The first-order valence-corrected chi connectivity index (χ1v) is 12.9. The van der Waals surface area contributed by atoms with Crippen molar-refractivity contribution in [2.75, 3.05) is 20.2 Å². The number of aliphatic hydroxyl groups is 1. The van der Waals surface area contributed by atoms with Crippen molar-refractivity contribution in [2.24, 2.45) is 0 Å². The molecule has 2 aliphatic heterocycles. The average molecular weight is 544 g/mol. The number of carbonyl (C=O) groups excluding carboxylic acids is 3. The third kappa shape index (κ3) is 4.48. The van der Waals surface area contributed by atoms with Crippen molar-refractivity contribution in [3.63, 3.8) is 0 Å². The Morgan fingerprint density at radius 2 is 1.73 bits per heavy atom. The van der Waals surface area contributed by atoms with Crippen LogP contribution in [-0.4, -0.2) is 70.9 Å². The lowest BCUT2D eigenvalue weighted by Gasteiger charge is -2.39. The number of ether oxygens (including phenoxy) is 3. The molecule has 0 spiro atoms. The van der Waals surface area contributed by atoms with Crippen LogP contribution in [0.3, 0.4) is 0 Å². The number of amides is 2. The first-order chi connectivity index (χ1) is 20.3. The number of esters is 1. The predicted molar refractivity (Wildman–Crippen MR) is 145 cm³/mol. The van der Waals surface area contributed by atoms with Gasteiger partial charge in [-0.1, -0.05) is 48.5 Å². The second kappa shape index (κ2) is 10.7. The van der Waals surface area contributed by atoms with E-state index < -0.39 is 37.6 Å². The summed E-state index contributed by atoms with van der Waals surface area (Å²) in [6.07, 6.45) is -2.51. The minimum absolute atomic E-state index is 0.139. The van der Waals surface area contributed by atoms with Crippen LogP contribution in [0.5, 0.6) is 0 Å². The molecule has 6 rings (SSSR count). The summed E-state index contributed by atoms with van der Waals surface area (Å²) in [5.74, 6) is -1.34. The lowest BCUT2D eigenvalue weighted by atomic mass is 10.0. The van der Waals surface area contributed by atoms with Gasteiger partial charge in [-0.3, -0.25) is 14.5 Å². The van der Waals surface area contributed by atoms with Crippen molar-refractivity contribution in [3.8, 4) is 0 Å². The van der Waals surface area contributed by atoms with Gasteiger partial charge in [0.2, 0.25) is 0 Å². The van der Waals surface area contributed by atoms with Crippen LogP contribution in [0.1, 0.15) is 45.6 Å². The molecule has 1 aromatic heterocycles. The van der Waals surface area contributed by atoms with Crippen LogP contribution in [-0.2, 0) is 20.6 Å². The molecule has 2 aliphatic rings. The van der Waals surface area contributed by atoms with E-state index in [0.717, 1.165) is 16.5 Å². The molecule has 5 unspecified atom stereocenters. The summed E-state index contributed by atoms with van der Waals surface area (Å²) in [7, 11) is -1.68. The highest BCUT2D eigenvalue weighted by molar-refractivity contribution is 6.21. The fourth-order valence-corrected chi connectivity index (χ4v) is 5.40. The first-order valence-electron chi connectivity index (χ1n) is 14.1. The van der Waals surface area contributed by atoms with Crippen LogP contribution in [0, 0.1) is 0 Å². The van der Waals surface area contributed by atoms with Crippen molar-refractivity contribution >= 4 is 28.7 Å². The maximum atomic E-state index is 12.9. The molecule has 40 heavy (non-hydrogen) atoms. The van der Waals surface area contributed by atoms with E-state index in [1.807, 2.05) is 24.3 Å². The van der Waals surface area contributed by atoms with Gasteiger partial charge >= 0.3 is 5.97 Å². The minimum Gasteiger partial charge on any atom is -0.453 e. The lowest BCUT2D eigenvalue weighted by Crippen LogP contribution is -2.53. The normalized spacial score (nSPS) is 24.0. The van der Waals surface area contributed by atoms with E-state index in [2.05, 4.69) is 0 Å². The fourth-order valence-electron chi connectivity index (χ4n) is 5.40. The molecule has 0 saturated carbocycles. The summed E-state index contributed by atoms with van der Waals surface area (Å²) in [5.41, 5.74) is 2.61. The quantitative estimate of drug-likeness (QED) is 0.280.